The molecular formula is C16H20FN3O2. The zero-order chi connectivity index (χ0) is 15.5. The van der Waals surface area contributed by atoms with Crippen LogP contribution < -0.4 is 5.56 Å². The van der Waals surface area contributed by atoms with Crippen LogP contribution in [0.1, 0.15) is 12.8 Å². The minimum Gasteiger partial charge on any atom is -0.395 e. The molecule has 1 N–H and O–H groups in total. The number of β-amino-alcohol motifs (C(OH)–C–C–N with tert-alkyl or cyclic N) is 1. The number of halogens is 1. The first-order chi connectivity index (χ1) is 10.7. The fourth-order valence-electron chi connectivity index (χ4n) is 3.18. The lowest BCUT2D eigenvalue weighted by Crippen LogP contribution is -2.39. The molecule has 1 atom stereocenters. The largest absolute Gasteiger partial charge is 0.395 e. The van der Waals surface area contributed by atoms with E-state index in [0.717, 1.165) is 25.9 Å². The summed E-state index contributed by atoms with van der Waals surface area (Å²) in [5, 5.41) is 9.37. The lowest BCUT2D eigenvalue weighted by atomic mass is 9.98. The molecule has 22 heavy (non-hydrogen) atoms. The molecule has 118 valence electrons. The lowest BCUT2D eigenvalue weighted by molar-refractivity contribution is 0.132. The van der Waals surface area contributed by atoms with Gasteiger partial charge in [-0.25, -0.2) is 9.37 Å². The van der Waals surface area contributed by atoms with Crippen LogP contribution in [0.4, 0.5) is 4.39 Å². The van der Waals surface area contributed by atoms with Gasteiger partial charge in [0.25, 0.3) is 5.56 Å². The van der Waals surface area contributed by atoms with Crippen molar-refractivity contribution in [1.29, 1.82) is 0 Å². The van der Waals surface area contributed by atoms with Crippen molar-refractivity contribution < 1.29 is 9.50 Å². The van der Waals surface area contributed by atoms with Gasteiger partial charge in [0.1, 0.15) is 5.82 Å². The third-order valence-electron chi connectivity index (χ3n) is 4.26. The Morgan fingerprint density at radius 3 is 3.09 bits per heavy atom. The van der Waals surface area contributed by atoms with E-state index in [2.05, 4.69) is 9.88 Å². The highest BCUT2D eigenvalue weighted by Crippen LogP contribution is 2.18. The van der Waals surface area contributed by atoms with Gasteiger partial charge < -0.3 is 10.0 Å². The van der Waals surface area contributed by atoms with Gasteiger partial charge in [-0.15, -0.1) is 0 Å². The monoisotopic (exact) mass is 305 g/mol. The molecule has 1 aliphatic heterocycles. The summed E-state index contributed by atoms with van der Waals surface area (Å²) < 4.78 is 14.9. The van der Waals surface area contributed by atoms with Gasteiger partial charge in [-0.1, -0.05) is 0 Å². The Hall–Kier alpha value is -1.79. The first-order valence-corrected chi connectivity index (χ1v) is 7.65. The average molecular weight is 305 g/mol. The van der Waals surface area contributed by atoms with Crippen LogP contribution in [-0.4, -0.2) is 45.8 Å². The van der Waals surface area contributed by atoms with E-state index in [1.165, 1.54) is 18.2 Å². The molecular weight excluding hydrogens is 285 g/mol. The van der Waals surface area contributed by atoms with Gasteiger partial charge in [0, 0.05) is 19.6 Å². The number of fused-ring (bicyclic) bond motifs is 1. The normalized spacial score (nSPS) is 19.6. The maximum absolute atomic E-state index is 13.3. The number of aliphatic hydroxyl groups excluding tert-OH is 1. The molecule has 1 fully saturated rings. The Kier molecular flexibility index (Phi) is 4.49. The minimum absolute atomic E-state index is 0.156. The van der Waals surface area contributed by atoms with E-state index in [4.69, 9.17) is 5.11 Å². The molecule has 2 heterocycles. The third-order valence-corrected chi connectivity index (χ3v) is 4.26. The molecule has 0 radical (unpaired) electrons. The molecule has 0 amide bonds. The summed E-state index contributed by atoms with van der Waals surface area (Å²) in [5.41, 5.74) is 0.331. The molecule has 3 rings (SSSR count). The summed E-state index contributed by atoms with van der Waals surface area (Å²) in [6, 6.07) is 4.09. The van der Waals surface area contributed by atoms with Gasteiger partial charge in [0.15, 0.2) is 0 Å². The molecule has 1 saturated heterocycles. The quantitative estimate of drug-likeness (QED) is 0.923. The molecule has 0 spiro atoms. The Labute approximate surface area is 128 Å². The summed E-state index contributed by atoms with van der Waals surface area (Å²) in [7, 11) is 0. The Morgan fingerprint density at radius 2 is 2.27 bits per heavy atom. The topological polar surface area (TPSA) is 58.4 Å². The van der Waals surface area contributed by atoms with E-state index in [1.54, 1.807) is 10.9 Å². The van der Waals surface area contributed by atoms with Crippen LogP contribution in [0.25, 0.3) is 10.9 Å². The molecule has 1 aromatic heterocycles. The molecule has 1 aliphatic rings. The Morgan fingerprint density at radius 1 is 1.41 bits per heavy atom. The maximum Gasteiger partial charge on any atom is 0.261 e. The van der Waals surface area contributed by atoms with E-state index in [0.29, 0.717) is 29.9 Å². The number of nitrogens with zero attached hydrogens (tertiary/aromatic N) is 3. The van der Waals surface area contributed by atoms with Gasteiger partial charge >= 0.3 is 0 Å². The minimum atomic E-state index is -0.420. The summed E-state index contributed by atoms with van der Waals surface area (Å²) in [4.78, 5) is 18.9. The van der Waals surface area contributed by atoms with Gasteiger partial charge in [-0.05, 0) is 43.5 Å². The van der Waals surface area contributed by atoms with E-state index in [1.807, 2.05) is 0 Å². The van der Waals surface area contributed by atoms with Gasteiger partial charge in [-0.2, -0.15) is 0 Å². The summed E-state index contributed by atoms with van der Waals surface area (Å²) in [5.74, 6) is -0.0678. The van der Waals surface area contributed by atoms with Crippen LogP contribution in [-0.2, 0) is 6.54 Å². The van der Waals surface area contributed by atoms with Crippen LogP contribution in [0.3, 0.4) is 0 Å². The first kappa shape index (κ1) is 15.1. The number of hydrogen-bond donors (Lipinski definition) is 1. The van der Waals surface area contributed by atoms with Crippen molar-refractivity contribution in [2.45, 2.75) is 19.4 Å². The standard InChI is InChI=1S/C16H20FN3O2/c17-13-3-4-15-14(8-13)16(22)20(11-18-15)10-12-2-1-5-19(9-12)6-7-21/h3-4,8,11-12,21H,1-2,5-7,9-10H2/t12-/m0/s1. The summed E-state index contributed by atoms with van der Waals surface area (Å²) >= 11 is 0. The molecule has 0 bridgehead atoms. The SMILES string of the molecule is O=c1c2cc(F)ccc2ncn1C[C@H]1CCCN(CCO)C1. The highest BCUT2D eigenvalue weighted by atomic mass is 19.1. The summed E-state index contributed by atoms with van der Waals surface area (Å²) in [6.07, 6.45) is 3.66. The van der Waals surface area contributed by atoms with Crippen LogP contribution in [0.5, 0.6) is 0 Å². The second kappa shape index (κ2) is 6.54. The molecule has 1 aromatic carbocycles. The van der Waals surface area contributed by atoms with Crippen molar-refractivity contribution >= 4 is 10.9 Å². The smallest absolute Gasteiger partial charge is 0.261 e. The predicted molar refractivity (Wildman–Crippen MR) is 82.2 cm³/mol. The van der Waals surface area contributed by atoms with Crippen molar-refractivity contribution in [3.8, 4) is 0 Å². The Balaban J connectivity index is 1.82. The fraction of sp³-hybridized carbons (Fsp3) is 0.500. The number of likely N-dealkylation sites (tertiary alicyclic amines) is 1. The Bertz CT molecular complexity index is 714. The second-order valence-electron chi connectivity index (χ2n) is 5.90. The van der Waals surface area contributed by atoms with Crippen molar-refractivity contribution in [2.24, 2.45) is 5.92 Å². The number of aromatic nitrogens is 2. The van der Waals surface area contributed by atoms with Crippen molar-refractivity contribution in [2.75, 3.05) is 26.2 Å². The van der Waals surface area contributed by atoms with Crippen molar-refractivity contribution in [3.05, 3.63) is 40.7 Å². The average Bonchev–Trinajstić information content (AvgIpc) is 2.51. The molecule has 0 saturated carbocycles. The molecule has 0 aliphatic carbocycles. The number of aliphatic hydroxyl groups is 1. The van der Waals surface area contributed by atoms with E-state index >= 15 is 0 Å². The molecule has 5 nitrogen and oxygen atoms in total. The third kappa shape index (κ3) is 3.18. The van der Waals surface area contributed by atoms with Gasteiger partial charge in [0.2, 0.25) is 0 Å². The van der Waals surface area contributed by atoms with Crippen molar-refractivity contribution in [3.63, 3.8) is 0 Å². The number of benzene rings is 1. The zero-order valence-corrected chi connectivity index (χ0v) is 12.4. The van der Waals surface area contributed by atoms with Crippen LogP contribution in [0.2, 0.25) is 0 Å². The number of hydrogen-bond acceptors (Lipinski definition) is 4. The van der Waals surface area contributed by atoms with Gasteiger partial charge in [0.05, 0.1) is 23.8 Å². The van der Waals surface area contributed by atoms with Crippen molar-refractivity contribution in [1.82, 2.24) is 14.5 Å². The molecule has 0 unspecified atom stereocenters. The second-order valence-corrected chi connectivity index (χ2v) is 5.90. The number of piperidine rings is 1. The van der Waals surface area contributed by atoms with Crippen LogP contribution >= 0.6 is 0 Å². The highest BCUT2D eigenvalue weighted by Gasteiger charge is 2.20. The number of rotatable bonds is 4. The van der Waals surface area contributed by atoms with E-state index < -0.39 is 5.82 Å². The fourth-order valence-corrected chi connectivity index (χ4v) is 3.18. The maximum atomic E-state index is 13.3. The first-order valence-electron chi connectivity index (χ1n) is 7.65. The highest BCUT2D eigenvalue weighted by molar-refractivity contribution is 5.77. The lowest BCUT2D eigenvalue weighted by Gasteiger charge is -2.32. The van der Waals surface area contributed by atoms with Gasteiger partial charge in [-0.3, -0.25) is 9.36 Å². The molecule has 2 aromatic rings. The van der Waals surface area contributed by atoms with Crippen LogP contribution in [0, 0.1) is 11.7 Å². The van der Waals surface area contributed by atoms with E-state index in [-0.39, 0.29) is 12.2 Å². The predicted octanol–water partition coefficient (Wildman–Crippen LogP) is 1.24. The zero-order valence-electron chi connectivity index (χ0n) is 12.4. The van der Waals surface area contributed by atoms with E-state index in [9.17, 15) is 9.18 Å². The molecule has 6 heteroatoms. The summed E-state index contributed by atoms with van der Waals surface area (Å²) in [6.45, 7) is 3.28. The van der Waals surface area contributed by atoms with Crippen LogP contribution in [0.15, 0.2) is 29.3 Å².